The Morgan fingerprint density at radius 2 is 1.75 bits per heavy atom. The van der Waals surface area contributed by atoms with Crippen molar-refractivity contribution in [2.75, 3.05) is 11.9 Å². The molecule has 0 fully saturated rings. The molecule has 1 N–H and O–H groups in total. The first-order valence-electron chi connectivity index (χ1n) is 11.8. The maximum atomic E-state index is 13.1. The van der Waals surface area contributed by atoms with E-state index < -0.39 is 0 Å². The van der Waals surface area contributed by atoms with Crippen molar-refractivity contribution in [3.8, 4) is 0 Å². The summed E-state index contributed by atoms with van der Waals surface area (Å²) in [5, 5.41) is 7.40. The second-order valence-corrected chi connectivity index (χ2v) is 9.87. The van der Waals surface area contributed by atoms with Crippen molar-refractivity contribution in [2.45, 2.75) is 85.1 Å². The second kappa shape index (κ2) is 11.3. The molecule has 176 valence electrons. The Labute approximate surface area is 193 Å². The van der Waals surface area contributed by atoms with Crippen LogP contribution in [0.3, 0.4) is 0 Å². The number of rotatable bonds is 10. The highest BCUT2D eigenvalue weighted by molar-refractivity contribution is 5.99. The predicted molar refractivity (Wildman–Crippen MR) is 131 cm³/mol. The molecule has 2 rings (SSSR count). The standard InChI is InChI=1S/C26H40N4O2/c1-8-9-10-11-12-20-13-15-21(16-14-20)25(32)30(19(2)3)18-24(31)27-23-17-22(26(4,5)6)28-29(23)7/h13-17,19H,8-12,18H2,1-7H3,(H,27,31). The lowest BCUT2D eigenvalue weighted by Gasteiger charge is -2.26. The summed E-state index contributed by atoms with van der Waals surface area (Å²) < 4.78 is 1.67. The van der Waals surface area contributed by atoms with Gasteiger partial charge in [-0.3, -0.25) is 14.3 Å². The molecule has 1 aromatic carbocycles. The molecule has 0 aliphatic carbocycles. The number of amides is 2. The van der Waals surface area contributed by atoms with E-state index in [1.165, 1.54) is 31.2 Å². The highest BCUT2D eigenvalue weighted by Crippen LogP contribution is 2.23. The summed E-state index contributed by atoms with van der Waals surface area (Å²) in [5.41, 5.74) is 2.65. The van der Waals surface area contributed by atoms with Crippen molar-refractivity contribution in [1.29, 1.82) is 0 Å². The van der Waals surface area contributed by atoms with Gasteiger partial charge in [0.25, 0.3) is 5.91 Å². The molecule has 0 aliphatic rings. The van der Waals surface area contributed by atoms with Gasteiger partial charge in [-0.1, -0.05) is 59.1 Å². The smallest absolute Gasteiger partial charge is 0.254 e. The van der Waals surface area contributed by atoms with Gasteiger partial charge in [0.1, 0.15) is 12.4 Å². The van der Waals surface area contributed by atoms with Crippen molar-refractivity contribution in [2.24, 2.45) is 7.05 Å². The normalized spacial score (nSPS) is 11.6. The molecule has 2 aromatic rings. The lowest BCUT2D eigenvalue weighted by Crippen LogP contribution is -2.42. The summed E-state index contributed by atoms with van der Waals surface area (Å²) >= 11 is 0. The number of anilines is 1. The van der Waals surface area contributed by atoms with E-state index in [2.05, 4.69) is 38.1 Å². The van der Waals surface area contributed by atoms with Crippen LogP contribution in [0.2, 0.25) is 0 Å². The summed E-state index contributed by atoms with van der Waals surface area (Å²) in [6.07, 6.45) is 5.93. The third-order valence-corrected chi connectivity index (χ3v) is 5.63. The summed E-state index contributed by atoms with van der Waals surface area (Å²) in [6, 6.07) is 9.60. The van der Waals surface area contributed by atoms with Gasteiger partial charge in [0.15, 0.2) is 0 Å². The van der Waals surface area contributed by atoms with E-state index in [0.29, 0.717) is 11.4 Å². The maximum Gasteiger partial charge on any atom is 0.254 e. The van der Waals surface area contributed by atoms with E-state index in [0.717, 1.165) is 12.1 Å². The maximum absolute atomic E-state index is 13.1. The molecule has 2 amide bonds. The molecule has 0 spiro atoms. The zero-order valence-electron chi connectivity index (χ0n) is 20.9. The SMILES string of the molecule is CCCCCCc1ccc(C(=O)N(CC(=O)Nc2cc(C(C)(C)C)nn2C)C(C)C)cc1. The van der Waals surface area contributed by atoms with Crippen LogP contribution in [0.25, 0.3) is 0 Å². The summed E-state index contributed by atoms with van der Waals surface area (Å²) in [6.45, 7) is 12.3. The number of carbonyl (C=O) groups excluding carboxylic acids is 2. The molecule has 0 aliphatic heterocycles. The zero-order valence-corrected chi connectivity index (χ0v) is 20.9. The zero-order chi connectivity index (χ0) is 23.9. The minimum Gasteiger partial charge on any atom is -0.327 e. The van der Waals surface area contributed by atoms with Crippen molar-refractivity contribution >= 4 is 17.6 Å². The van der Waals surface area contributed by atoms with Crippen LogP contribution < -0.4 is 5.32 Å². The number of nitrogens with zero attached hydrogens (tertiary/aromatic N) is 3. The van der Waals surface area contributed by atoms with E-state index in [1.54, 1.807) is 16.6 Å². The minimum absolute atomic E-state index is 0.00863. The lowest BCUT2D eigenvalue weighted by atomic mass is 9.92. The quantitative estimate of drug-likeness (QED) is 0.508. The van der Waals surface area contributed by atoms with Crippen LogP contribution in [0, 0.1) is 0 Å². The number of carbonyl (C=O) groups is 2. The van der Waals surface area contributed by atoms with Crippen molar-refractivity contribution in [3.05, 3.63) is 47.2 Å². The largest absolute Gasteiger partial charge is 0.327 e. The van der Waals surface area contributed by atoms with Crippen LogP contribution in [0.5, 0.6) is 0 Å². The first-order chi connectivity index (χ1) is 15.0. The van der Waals surface area contributed by atoms with Gasteiger partial charge in [-0.25, -0.2) is 0 Å². The average molecular weight is 441 g/mol. The fraction of sp³-hybridized carbons (Fsp3) is 0.577. The molecule has 1 heterocycles. The van der Waals surface area contributed by atoms with Crippen LogP contribution >= 0.6 is 0 Å². The van der Waals surface area contributed by atoms with Gasteiger partial charge in [0, 0.05) is 30.1 Å². The monoisotopic (exact) mass is 440 g/mol. The number of aryl methyl sites for hydroxylation is 2. The van der Waals surface area contributed by atoms with E-state index in [1.807, 2.05) is 44.2 Å². The van der Waals surface area contributed by atoms with Gasteiger partial charge in [-0.05, 0) is 44.4 Å². The van der Waals surface area contributed by atoms with Crippen LogP contribution in [-0.2, 0) is 23.7 Å². The van der Waals surface area contributed by atoms with Crippen LogP contribution in [0.15, 0.2) is 30.3 Å². The molecule has 1 aromatic heterocycles. The molecule has 0 atom stereocenters. The average Bonchev–Trinajstić information content (AvgIpc) is 3.10. The first-order valence-corrected chi connectivity index (χ1v) is 11.8. The van der Waals surface area contributed by atoms with Gasteiger partial charge in [-0.2, -0.15) is 5.10 Å². The Morgan fingerprint density at radius 1 is 1.09 bits per heavy atom. The van der Waals surface area contributed by atoms with Crippen molar-refractivity contribution < 1.29 is 9.59 Å². The van der Waals surface area contributed by atoms with E-state index in [9.17, 15) is 9.59 Å². The van der Waals surface area contributed by atoms with Gasteiger partial charge >= 0.3 is 0 Å². The van der Waals surface area contributed by atoms with Crippen LogP contribution in [0.4, 0.5) is 5.82 Å². The third kappa shape index (κ3) is 7.21. The highest BCUT2D eigenvalue weighted by Gasteiger charge is 2.23. The summed E-state index contributed by atoms with van der Waals surface area (Å²) in [7, 11) is 1.81. The van der Waals surface area contributed by atoms with E-state index in [4.69, 9.17) is 0 Å². The van der Waals surface area contributed by atoms with Crippen molar-refractivity contribution in [1.82, 2.24) is 14.7 Å². The molecule has 0 saturated carbocycles. The summed E-state index contributed by atoms with van der Waals surface area (Å²) in [4.78, 5) is 27.5. The molecule has 0 saturated heterocycles. The molecule has 32 heavy (non-hydrogen) atoms. The Balaban J connectivity index is 2.03. The highest BCUT2D eigenvalue weighted by atomic mass is 16.2. The topological polar surface area (TPSA) is 67.2 Å². The molecule has 0 unspecified atom stereocenters. The number of nitrogens with one attached hydrogen (secondary N) is 1. The molecule has 0 bridgehead atoms. The summed E-state index contributed by atoms with van der Waals surface area (Å²) in [5.74, 6) is 0.264. The first kappa shape index (κ1) is 25.6. The molecule has 0 radical (unpaired) electrons. The number of hydrogen-bond acceptors (Lipinski definition) is 3. The van der Waals surface area contributed by atoms with Gasteiger partial charge in [-0.15, -0.1) is 0 Å². The van der Waals surface area contributed by atoms with Crippen molar-refractivity contribution in [3.63, 3.8) is 0 Å². The number of aromatic nitrogens is 2. The second-order valence-electron chi connectivity index (χ2n) is 9.87. The van der Waals surface area contributed by atoms with E-state index >= 15 is 0 Å². The Hall–Kier alpha value is -2.63. The molecular weight excluding hydrogens is 400 g/mol. The molecule has 6 heteroatoms. The Kier molecular flexibility index (Phi) is 9.05. The molecular formula is C26H40N4O2. The van der Waals surface area contributed by atoms with Gasteiger partial charge < -0.3 is 10.2 Å². The Morgan fingerprint density at radius 3 is 2.28 bits per heavy atom. The van der Waals surface area contributed by atoms with E-state index in [-0.39, 0.29) is 29.8 Å². The fourth-order valence-corrected chi connectivity index (χ4v) is 3.51. The van der Waals surface area contributed by atoms with Gasteiger partial charge in [0.2, 0.25) is 5.91 Å². The lowest BCUT2D eigenvalue weighted by molar-refractivity contribution is -0.117. The van der Waals surface area contributed by atoms with Crippen LogP contribution in [0.1, 0.15) is 88.8 Å². The predicted octanol–water partition coefficient (Wildman–Crippen LogP) is 5.33. The number of hydrogen-bond donors (Lipinski definition) is 1. The Bertz CT molecular complexity index is 892. The third-order valence-electron chi connectivity index (χ3n) is 5.63. The molecule has 6 nitrogen and oxygen atoms in total. The minimum atomic E-state index is -0.233. The fourth-order valence-electron chi connectivity index (χ4n) is 3.51. The van der Waals surface area contributed by atoms with Crippen LogP contribution in [-0.4, -0.2) is 39.1 Å². The van der Waals surface area contributed by atoms with Gasteiger partial charge in [0.05, 0.1) is 5.69 Å². The number of unbranched alkanes of at least 4 members (excludes halogenated alkanes) is 3. The number of benzene rings is 1.